The number of carbonyl (C=O) groups excluding carboxylic acids is 2. The summed E-state index contributed by atoms with van der Waals surface area (Å²) in [5, 5.41) is -0.0301. The summed E-state index contributed by atoms with van der Waals surface area (Å²) in [6.45, 7) is 3.52. The molecule has 0 spiro atoms. The second kappa shape index (κ2) is 2.02. The first kappa shape index (κ1) is 7.15. The van der Waals surface area contributed by atoms with Crippen LogP contribution in [-0.4, -0.2) is 14.3 Å². The summed E-state index contributed by atoms with van der Waals surface area (Å²) in [4.78, 5) is 21.4. The van der Waals surface area contributed by atoms with Crippen molar-refractivity contribution in [2.24, 2.45) is 0 Å². The number of carbonyl (C=O) groups is 2. The van der Waals surface area contributed by atoms with Gasteiger partial charge < -0.3 is 0 Å². The molecule has 0 bridgehead atoms. The van der Waals surface area contributed by atoms with E-state index in [1.807, 2.05) is 0 Å². The Morgan fingerprint density at radius 3 is 2.00 bits per heavy atom. The average Bonchev–Trinajstić information content (AvgIpc) is 1.79. The molecule has 0 aromatic rings. The van der Waals surface area contributed by atoms with Gasteiger partial charge in [0, 0.05) is 0 Å². The molecule has 2 nitrogen and oxygen atoms in total. The Kier molecular flexibility index (Phi) is 1.61. The van der Waals surface area contributed by atoms with Gasteiger partial charge in [-0.25, -0.2) is 0 Å². The third-order valence-electron chi connectivity index (χ3n) is 1.01. The first-order chi connectivity index (χ1) is 4.02. The number of hydrogen-bond acceptors (Lipinski definition) is 4. The Morgan fingerprint density at radius 1 is 1.33 bits per heavy atom. The maximum Gasteiger partial charge on any atom is 0.254 e. The highest BCUT2D eigenvalue weighted by atomic mass is 32.2. The Labute approximate surface area is 61.8 Å². The molecule has 0 aromatic carbocycles. The smallest absolute Gasteiger partial charge is 0.254 e. The average molecular weight is 162 g/mol. The van der Waals surface area contributed by atoms with E-state index in [-0.39, 0.29) is 9.56 Å². The Morgan fingerprint density at radius 2 is 1.89 bits per heavy atom. The summed E-state index contributed by atoms with van der Waals surface area (Å²) in [7, 11) is 0. The molecule has 4 heteroatoms. The van der Waals surface area contributed by atoms with E-state index in [9.17, 15) is 9.59 Å². The SMILES string of the molecule is CC1(C)SC(=O)SC1=O. The second-order valence-electron chi connectivity index (χ2n) is 2.25. The van der Waals surface area contributed by atoms with Gasteiger partial charge in [0.2, 0.25) is 5.12 Å². The fraction of sp³-hybridized carbons (Fsp3) is 0.600. The summed E-state index contributed by atoms with van der Waals surface area (Å²) in [6, 6.07) is 0. The van der Waals surface area contributed by atoms with Crippen LogP contribution in [0.2, 0.25) is 0 Å². The van der Waals surface area contributed by atoms with Crippen LogP contribution >= 0.6 is 23.5 Å². The standard InChI is InChI=1S/C5H6O2S2/c1-5(2)3(6)8-4(7)9-5/h1-2H3. The third-order valence-corrected chi connectivity index (χ3v) is 3.36. The quantitative estimate of drug-likeness (QED) is 0.544. The minimum atomic E-state index is -0.484. The van der Waals surface area contributed by atoms with Gasteiger partial charge in [-0.3, -0.25) is 9.59 Å². The minimum absolute atomic E-state index is 0.0301. The molecule has 50 valence electrons. The molecular formula is C5H6O2S2. The molecule has 1 heterocycles. The van der Waals surface area contributed by atoms with Crippen molar-refractivity contribution in [2.45, 2.75) is 18.6 Å². The van der Waals surface area contributed by atoms with Crippen LogP contribution in [0.5, 0.6) is 0 Å². The first-order valence-electron chi connectivity index (χ1n) is 2.47. The van der Waals surface area contributed by atoms with Crippen LogP contribution in [-0.2, 0) is 4.79 Å². The monoisotopic (exact) mass is 162 g/mol. The van der Waals surface area contributed by atoms with Crippen molar-refractivity contribution >= 4 is 33.1 Å². The van der Waals surface area contributed by atoms with Crippen LogP contribution in [0.25, 0.3) is 0 Å². The van der Waals surface area contributed by atoms with Crippen LogP contribution in [0, 0.1) is 0 Å². The predicted molar refractivity (Wildman–Crippen MR) is 39.7 cm³/mol. The lowest BCUT2D eigenvalue weighted by Crippen LogP contribution is -2.19. The zero-order valence-corrected chi connectivity index (χ0v) is 6.77. The van der Waals surface area contributed by atoms with Crippen molar-refractivity contribution < 1.29 is 9.59 Å². The molecule has 0 aromatic heterocycles. The van der Waals surface area contributed by atoms with Gasteiger partial charge in [0.1, 0.15) is 0 Å². The molecule has 1 aliphatic rings. The van der Waals surface area contributed by atoms with Gasteiger partial charge in [0.25, 0.3) is 4.45 Å². The van der Waals surface area contributed by atoms with E-state index >= 15 is 0 Å². The number of hydrogen-bond donors (Lipinski definition) is 0. The van der Waals surface area contributed by atoms with Gasteiger partial charge in [-0.1, -0.05) is 11.8 Å². The molecule has 0 amide bonds. The first-order valence-corrected chi connectivity index (χ1v) is 4.11. The molecule has 0 unspecified atom stereocenters. The van der Waals surface area contributed by atoms with E-state index in [2.05, 4.69) is 0 Å². The summed E-state index contributed by atoms with van der Waals surface area (Å²) in [5.41, 5.74) is 0. The van der Waals surface area contributed by atoms with E-state index in [1.165, 1.54) is 0 Å². The van der Waals surface area contributed by atoms with Crippen molar-refractivity contribution in [1.82, 2.24) is 0 Å². The van der Waals surface area contributed by atoms with Crippen LogP contribution in [0.4, 0.5) is 4.79 Å². The van der Waals surface area contributed by atoms with E-state index < -0.39 is 4.75 Å². The molecule has 0 aliphatic carbocycles. The largest absolute Gasteiger partial charge is 0.285 e. The van der Waals surface area contributed by atoms with E-state index in [0.29, 0.717) is 0 Å². The maximum atomic E-state index is 10.8. The Balaban J connectivity index is 2.81. The highest BCUT2D eigenvalue weighted by Gasteiger charge is 2.40. The molecule has 1 aliphatic heterocycles. The van der Waals surface area contributed by atoms with Crippen molar-refractivity contribution in [2.75, 3.05) is 0 Å². The molecule has 0 saturated carbocycles. The van der Waals surface area contributed by atoms with Crippen LogP contribution in [0.15, 0.2) is 0 Å². The summed E-state index contributed by atoms with van der Waals surface area (Å²) in [6.07, 6.45) is 0. The van der Waals surface area contributed by atoms with E-state index in [1.54, 1.807) is 13.8 Å². The highest BCUT2D eigenvalue weighted by Crippen LogP contribution is 2.42. The van der Waals surface area contributed by atoms with Gasteiger partial charge in [-0.05, 0) is 25.6 Å². The minimum Gasteiger partial charge on any atom is -0.285 e. The lowest BCUT2D eigenvalue weighted by atomic mass is 10.2. The van der Waals surface area contributed by atoms with Crippen molar-refractivity contribution in [3.63, 3.8) is 0 Å². The molecule has 0 N–H and O–H groups in total. The van der Waals surface area contributed by atoms with Crippen LogP contribution in [0.1, 0.15) is 13.8 Å². The van der Waals surface area contributed by atoms with Gasteiger partial charge >= 0.3 is 0 Å². The Hall–Kier alpha value is 0.0400. The maximum absolute atomic E-state index is 10.8. The topological polar surface area (TPSA) is 34.1 Å². The molecule has 0 atom stereocenters. The van der Waals surface area contributed by atoms with Crippen molar-refractivity contribution in [3.05, 3.63) is 0 Å². The fourth-order valence-corrected chi connectivity index (χ4v) is 2.64. The molecule has 9 heavy (non-hydrogen) atoms. The third kappa shape index (κ3) is 1.30. The van der Waals surface area contributed by atoms with Gasteiger partial charge in [0.15, 0.2) is 0 Å². The Bertz CT molecular complexity index is 174. The van der Waals surface area contributed by atoms with E-state index in [0.717, 1.165) is 23.5 Å². The highest BCUT2D eigenvalue weighted by molar-refractivity contribution is 8.49. The molecule has 1 fully saturated rings. The van der Waals surface area contributed by atoms with Gasteiger partial charge in [0.05, 0.1) is 4.75 Å². The summed E-state index contributed by atoms with van der Waals surface area (Å²) in [5.74, 6) is 0. The molecule has 0 radical (unpaired) electrons. The number of thioether (sulfide) groups is 2. The van der Waals surface area contributed by atoms with Gasteiger partial charge in [-0.15, -0.1) is 0 Å². The fourth-order valence-electron chi connectivity index (χ4n) is 0.469. The predicted octanol–water partition coefficient (Wildman–Crippen LogP) is 1.89. The van der Waals surface area contributed by atoms with Crippen LogP contribution in [0.3, 0.4) is 0 Å². The number of rotatable bonds is 0. The second-order valence-corrected chi connectivity index (χ2v) is 5.05. The zero-order valence-electron chi connectivity index (χ0n) is 5.13. The molecular weight excluding hydrogens is 156 g/mol. The van der Waals surface area contributed by atoms with Crippen LogP contribution < -0.4 is 0 Å². The lowest BCUT2D eigenvalue weighted by Gasteiger charge is -2.08. The van der Waals surface area contributed by atoms with E-state index in [4.69, 9.17) is 0 Å². The lowest BCUT2D eigenvalue weighted by molar-refractivity contribution is -0.112. The van der Waals surface area contributed by atoms with Crippen molar-refractivity contribution in [3.8, 4) is 0 Å². The van der Waals surface area contributed by atoms with Crippen molar-refractivity contribution in [1.29, 1.82) is 0 Å². The zero-order chi connectivity index (χ0) is 7.07. The summed E-state index contributed by atoms with van der Waals surface area (Å²) < 4.78 is -0.563. The summed E-state index contributed by atoms with van der Waals surface area (Å²) >= 11 is 1.92. The molecule has 1 saturated heterocycles. The normalized spacial score (nSPS) is 25.1. The van der Waals surface area contributed by atoms with Gasteiger partial charge in [-0.2, -0.15) is 0 Å². The molecule has 1 rings (SSSR count).